The van der Waals surface area contributed by atoms with Crippen molar-refractivity contribution in [3.8, 4) is 0 Å². The highest BCUT2D eigenvalue weighted by atomic mass is 19.4. The number of hydrogen-bond acceptors (Lipinski definition) is 7. The van der Waals surface area contributed by atoms with Gasteiger partial charge in [0.25, 0.3) is 0 Å². The van der Waals surface area contributed by atoms with E-state index in [1.165, 1.54) is 0 Å². The summed E-state index contributed by atoms with van der Waals surface area (Å²) in [5, 5.41) is 23.1. The van der Waals surface area contributed by atoms with E-state index in [4.69, 9.17) is 38.2 Å². The van der Waals surface area contributed by atoms with Gasteiger partial charge in [0.05, 0.1) is 0 Å². The van der Waals surface area contributed by atoms with E-state index in [0.29, 0.717) is 29.7 Å². The number of benzene rings is 2. The van der Waals surface area contributed by atoms with Gasteiger partial charge >= 0.3 is 12.1 Å². The number of carbonyl (C=O) groups is 5. The maximum Gasteiger partial charge on any atom is 0.490 e. The molecule has 52 heavy (non-hydrogen) atoms. The second kappa shape index (κ2) is 20.9. The highest BCUT2D eigenvalue weighted by Gasteiger charge is 2.38. The average molecular weight is 734 g/mol. The lowest BCUT2D eigenvalue weighted by molar-refractivity contribution is -0.192. The number of primary amides is 1. The van der Waals surface area contributed by atoms with Gasteiger partial charge in [-0.1, -0.05) is 74.6 Å². The maximum atomic E-state index is 13.9. The minimum absolute atomic E-state index is 0.0369. The number of nitrogens with zero attached hydrogens (tertiary/aromatic N) is 1. The topological polar surface area (TPSA) is 282 Å². The lowest BCUT2D eigenvalue weighted by atomic mass is 9.84. The number of nitrogens with one attached hydrogen (secondary N) is 4. The molecule has 15 nitrogen and oxygen atoms in total. The van der Waals surface area contributed by atoms with Crippen molar-refractivity contribution in [3.05, 3.63) is 65.7 Å². The molecular weight excluding hydrogens is 687 g/mol. The van der Waals surface area contributed by atoms with Gasteiger partial charge < -0.3 is 44.0 Å². The molecule has 0 spiro atoms. The Hall–Kier alpha value is -5.68. The second-order valence-electron chi connectivity index (χ2n) is 12.2. The Bertz CT molecular complexity index is 1550. The number of halogens is 3. The van der Waals surface area contributed by atoms with E-state index in [1.807, 2.05) is 6.07 Å². The van der Waals surface area contributed by atoms with Gasteiger partial charge in [0.2, 0.25) is 23.6 Å². The average Bonchev–Trinajstić information content (AvgIpc) is 3.08. The van der Waals surface area contributed by atoms with Gasteiger partial charge in [-0.15, -0.1) is 0 Å². The second-order valence-corrected chi connectivity index (χ2v) is 12.2. The smallest absolute Gasteiger partial charge is 0.475 e. The molecule has 2 aromatic rings. The first kappa shape index (κ1) is 42.5. The van der Waals surface area contributed by atoms with Crippen LogP contribution in [0.4, 0.5) is 18.9 Å². The Morgan fingerprint density at radius 1 is 0.846 bits per heavy atom. The van der Waals surface area contributed by atoms with Crippen molar-refractivity contribution < 1.29 is 42.3 Å². The monoisotopic (exact) mass is 733 g/mol. The quantitative estimate of drug-likeness (QED) is 0.0526. The first-order valence-corrected chi connectivity index (χ1v) is 16.5. The van der Waals surface area contributed by atoms with Gasteiger partial charge in [-0.3, -0.25) is 29.6 Å². The molecule has 1 aliphatic carbocycles. The lowest BCUT2D eigenvalue weighted by Gasteiger charge is -2.29. The number of nitrogen functional groups attached to an aromatic ring is 1. The van der Waals surface area contributed by atoms with Crippen LogP contribution in [0.25, 0.3) is 0 Å². The number of aliphatic imine (C=N–C) groups is 1. The summed E-state index contributed by atoms with van der Waals surface area (Å²) in [7, 11) is 0. The number of anilines is 1. The number of alkyl halides is 3. The Balaban J connectivity index is 0.00000121. The van der Waals surface area contributed by atoms with Crippen LogP contribution < -0.4 is 38.9 Å². The number of para-hydroxylation sites is 1. The lowest BCUT2D eigenvalue weighted by Crippen LogP contribution is -2.55. The molecule has 1 aliphatic rings. The molecule has 0 radical (unpaired) electrons. The van der Waals surface area contributed by atoms with Crippen LogP contribution >= 0.6 is 0 Å². The van der Waals surface area contributed by atoms with Crippen molar-refractivity contribution in [2.75, 3.05) is 11.9 Å². The van der Waals surface area contributed by atoms with Gasteiger partial charge in [-0.2, -0.15) is 13.2 Å². The third-order valence-corrected chi connectivity index (χ3v) is 8.15. The maximum absolute atomic E-state index is 13.9. The Labute approximate surface area is 298 Å². The van der Waals surface area contributed by atoms with Crippen molar-refractivity contribution >= 4 is 47.1 Å². The van der Waals surface area contributed by atoms with Crippen molar-refractivity contribution in [2.24, 2.45) is 39.8 Å². The van der Waals surface area contributed by atoms with Crippen LogP contribution in [0.2, 0.25) is 0 Å². The number of guanidine groups is 1. The van der Waals surface area contributed by atoms with Crippen LogP contribution in [-0.4, -0.2) is 71.3 Å². The third-order valence-electron chi connectivity index (χ3n) is 8.15. The zero-order chi connectivity index (χ0) is 38.8. The van der Waals surface area contributed by atoms with Gasteiger partial charge in [-0.05, 0) is 49.3 Å². The zero-order valence-corrected chi connectivity index (χ0v) is 28.5. The number of amidine groups is 1. The highest BCUT2D eigenvalue weighted by molar-refractivity contribution is 6.07. The standard InChI is InChI=1S/C32H45N9O4.C2HF3O2/c33-27(34)22-15-13-21(14-16-22)18-24(29(43)39-23-10-5-2-6-11-23)30(44)41-26(19-20-8-3-1-4-9-20)31(45)40-25(28(35)42)12-7-17-38-32(36)37;3-2(4,5)1(6)7/h2,5-6,10-11,13-16,20,24-26H,1,3-4,7-9,12,17-19H2,(H3,33,34)(H2,35,42)(H,39,43)(H,40,45)(H,41,44)(H4,36,37,38);(H,6,7)/t24?,25-,26?;/m0./s1. The SMILES string of the molecule is N=C(N)c1ccc(CC(C(=O)Nc2ccccc2)C(=O)NC(CC2CCCCC2)C(=O)N[C@@H](CCCN=C(N)N)C(N)=O)cc1.O=C(O)C(F)(F)F. The summed E-state index contributed by atoms with van der Waals surface area (Å²) in [5.74, 6) is -6.37. The number of carbonyl (C=O) groups excluding carboxylic acids is 4. The summed E-state index contributed by atoms with van der Waals surface area (Å²) in [6, 6.07) is 13.5. The summed E-state index contributed by atoms with van der Waals surface area (Å²) < 4.78 is 31.7. The molecule has 3 atom stereocenters. The number of rotatable bonds is 16. The summed E-state index contributed by atoms with van der Waals surface area (Å²) in [4.78, 5) is 66.0. The summed E-state index contributed by atoms with van der Waals surface area (Å²) in [6.07, 6.45) is 0.918. The van der Waals surface area contributed by atoms with Crippen LogP contribution in [-0.2, 0) is 30.4 Å². The third kappa shape index (κ3) is 15.5. The molecule has 0 saturated heterocycles. The van der Waals surface area contributed by atoms with Gasteiger partial charge in [0.1, 0.15) is 23.8 Å². The molecule has 1 fully saturated rings. The predicted molar refractivity (Wildman–Crippen MR) is 188 cm³/mol. The van der Waals surface area contributed by atoms with E-state index in [9.17, 15) is 32.3 Å². The van der Waals surface area contributed by atoms with Crippen LogP contribution in [0.1, 0.15) is 62.5 Å². The molecule has 0 aliphatic heterocycles. The van der Waals surface area contributed by atoms with Crippen molar-refractivity contribution in [3.63, 3.8) is 0 Å². The Morgan fingerprint density at radius 2 is 1.42 bits per heavy atom. The van der Waals surface area contributed by atoms with Crippen molar-refractivity contribution in [1.82, 2.24) is 10.6 Å². The van der Waals surface area contributed by atoms with Crippen LogP contribution in [0, 0.1) is 17.2 Å². The molecule has 4 amide bonds. The molecule has 13 N–H and O–H groups in total. The van der Waals surface area contributed by atoms with Gasteiger partial charge in [0.15, 0.2) is 5.96 Å². The first-order valence-electron chi connectivity index (χ1n) is 16.5. The minimum atomic E-state index is -5.08. The number of amides is 4. The molecule has 3 rings (SSSR count). The van der Waals surface area contributed by atoms with E-state index >= 15 is 0 Å². The zero-order valence-electron chi connectivity index (χ0n) is 28.5. The molecule has 0 bridgehead atoms. The molecule has 1 saturated carbocycles. The van der Waals surface area contributed by atoms with Gasteiger partial charge in [0, 0.05) is 17.8 Å². The van der Waals surface area contributed by atoms with E-state index < -0.39 is 53.8 Å². The van der Waals surface area contributed by atoms with E-state index in [-0.39, 0.29) is 37.1 Å². The number of carboxylic acids is 1. The van der Waals surface area contributed by atoms with Gasteiger partial charge in [-0.25, -0.2) is 4.79 Å². The summed E-state index contributed by atoms with van der Waals surface area (Å²) in [6.45, 7) is 0.260. The Kier molecular flexibility index (Phi) is 17.0. The van der Waals surface area contributed by atoms with Crippen molar-refractivity contribution in [2.45, 2.75) is 76.0 Å². The van der Waals surface area contributed by atoms with Crippen LogP contribution in [0.3, 0.4) is 0 Å². The normalized spacial score (nSPS) is 14.6. The Morgan fingerprint density at radius 3 is 1.94 bits per heavy atom. The summed E-state index contributed by atoms with van der Waals surface area (Å²) >= 11 is 0. The molecule has 2 unspecified atom stereocenters. The molecular formula is C34H46F3N9O6. The predicted octanol–water partition coefficient (Wildman–Crippen LogP) is 1.88. The van der Waals surface area contributed by atoms with Crippen LogP contribution in [0.15, 0.2) is 59.6 Å². The number of aliphatic carboxylic acids is 1. The minimum Gasteiger partial charge on any atom is -0.475 e. The molecule has 18 heteroatoms. The van der Waals surface area contributed by atoms with E-state index in [2.05, 4.69) is 20.9 Å². The first-order chi connectivity index (χ1) is 24.5. The molecule has 2 aromatic carbocycles. The number of hydrogen-bond donors (Lipinski definition) is 9. The fourth-order valence-electron chi connectivity index (χ4n) is 5.43. The van der Waals surface area contributed by atoms with E-state index in [1.54, 1.807) is 48.5 Å². The molecule has 284 valence electrons. The summed E-state index contributed by atoms with van der Waals surface area (Å²) in [5.41, 5.74) is 23.6. The fraction of sp³-hybridized carbons (Fsp3) is 0.441. The molecule has 0 aromatic heterocycles. The highest BCUT2D eigenvalue weighted by Crippen LogP contribution is 2.28. The van der Waals surface area contributed by atoms with E-state index in [0.717, 1.165) is 32.1 Å². The fourth-order valence-corrected chi connectivity index (χ4v) is 5.43. The van der Waals surface area contributed by atoms with Crippen LogP contribution in [0.5, 0.6) is 0 Å². The van der Waals surface area contributed by atoms with Crippen molar-refractivity contribution in [1.29, 1.82) is 5.41 Å². The number of carboxylic acid groups (broad SMARTS) is 1. The largest absolute Gasteiger partial charge is 0.490 e. The number of nitrogens with two attached hydrogens (primary N) is 4. The molecule has 0 heterocycles.